The molecular weight excluding hydrogens is 246 g/mol. The van der Waals surface area contributed by atoms with Crippen molar-refractivity contribution in [3.8, 4) is 0 Å². The topological polar surface area (TPSA) is 79.5 Å². The van der Waals surface area contributed by atoms with Crippen molar-refractivity contribution in [2.24, 2.45) is 11.8 Å². The molecule has 0 aromatic carbocycles. The van der Waals surface area contributed by atoms with Gasteiger partial charge in [0.05, 0.1) is 18.4 Å². The molecule has 1 heterocycles. The normalized spacial score (nSPS) is 22.2. The molecule has 0 unspecified atom stereocenters. The van der Waals surface area contributed by atoms with Crippen LogP contribution in [0.5, 0.6) is 0 Å². The highest BCUT2D eigenvalue weighted by atomic mass is 16.4. The molecular formula is C14H17NO4. The summed E-state index contributed by atoms with van der Waals surface area (Å²) in [5.74, 6) is -0.830. The molecule has 1 aromatic heterocycles. The lowest BCUT2D eigenvalue weighted by molar-refractivity contribution is -0.147. The molecule has 19 heavy (non-hydrogen) atoms. The summed E-state index contributed by atoms with van der Waals surface area (Å²) in [7, 11) is 0. The van der Waals surface area contributed by atoms with Gasteiger partial charge in [-0.25, -0.2) is 0 Å². The Labute approximate surface area is 111 Å². The zero-order chi connectivity index (χ0) is 13.8. The average molecular weight is 263 g/mol. The zero-order valence-electron chi connectivity index (χ0n) is 10.8. The Kier molecular flexibility index (Phi) is 4.04. The van der Waals surface area contributed by atoms with Crippen LogP contribution in [0.3, 0.4) is 0 Å². The number of rotatable bonds is 4. The van der Waals surface area contributed by atoms with E-state index in [-0.39, 0.29) is 5.91 Å². The van der Waals surface area contributed by atoms with Crippen molar-refractivity contribution in [2.75, 3.05) is 0 Å². The molecule has 0 fully saturated rings. The first-order valence-electron chi connectivity index (χ1n) is 6.28. The van der Waals surface area contributed by atoms with Crippen LogP contribution in [-0.4, -0.2) is 17.0 Å². The third-order valence-electron chi connectivity index (χ3n) is 3.32. The number of nitrogens with one attached hydrogen (secondary N) is 1. The first kappa shape index (κ1) is 13.4. The zero-order valence-corrected chi connectivity index (χ0v) is 10.8. The van der Waals surface area contributed by atoms with Gasteiger partial charge in [-0.15, -0.1) is 0 Å². The van der Waals surface area contributed by atoms with Crippen LogP contribution in [0.4, 0.5) is 0 Å². The third kappa shape index (κ3) is 3.24. The van der Waals surface area contributed by atoms with Crippen LogP contribution in [-0.2, 0) is 16.1 Å². The molecule has 5 heteroatoms. The summed E-state index contributed by atoms with van der Waals surface area (Å²) in [6.45, 7) is 2.12. The van der Waals surface area contributed by atoms with Crippen LogP contribution in [0.1, 0.15) is 24.4 Å². The molecule has 0 radical (unpaired) electrons. The average Bonchev–Trinajstić information content (AvgIpc) is 2.81. The summed E-state index contributed by atoms with van der Waals surface area (Å²) in [5, 5.41) is 11.9. The Balaban J connectivity index is 1.95. The standard InChI is InChI=1S/C14H17NO4/c1-9-6-7-10(19-9)8-15-13(16)11-4-2-3-5-12(11)14(17)18/h2-3,6-7,11-12H,4-5,8H2,1H3,(H,15,16)(H,17,18)/t11-,12+/m1/s1. The van der Waals surface area contributed by atoms with Crippen molar-refractivity contribution in [1.82, 2.24) is 5.32 Å². The minimum Gasteiger partial charge on any atom is -0.481 e. The number of aliphatic carboxylic acids is 1. The summed E-state index contributed by atoms with van der Waals surface area (Å²) in [4.78, 5) is 23.2. The van der Waals surface area contributed by atoms with Gasteiger partial charge < -0.3 is 14.8 Å². The highest BCUT2D eigenvalue weighted by Gasteiger charge is 2.33. The Bertz CT molecular complexity index is 503. The predicted molar refractivity (Wildman–Crippen MR) is 68.3 cm³/mol. The van der Waals surface area contributed by atoms with Crippen molar-refractivity contribution in [2.45, 2.75) is 26.3 Å². The Morgan fingerprint density at radius 1 is 1.32 bits per heavy atom. The fourth-order valence-electron chi connectivity index (χ4n) is 2.26. The van der Waals surface area contributed by atoms with E-state index in [2.05, 4.69) is 5.32 Å². The summed E-state index contributed by atoms with van der Waals surface area (Å²) in [6.07, 6.45) is 4.56. The van der Waals surface area contributed by atoms with Gasteiger partial charge in [-0.05, 0) is 31.9 Å². The lowest BCUT2D eigenvalue weighted by Crippen LogP contribution is -2.38. The van der Waals surface area contributed by atoms with Gasteiger partial charge in [0.15, 0.2) is 0 Å². The van der Waals surface area contributed by atoms with E-state index in [0.29, 0.717) is 25.1 Å². The smallest absolute Gasteiger partial charge is 0.307 e. The number of carboxylic acids is 1. The van der Waals surface area contributed by atoms with Crippen LogP contribution < -0.4 is 5.32 Å². The molecule has 2 N–H and O–H groups in total. The molecule has 0 saturated heterocycles. The molecule has 0 aliphatic heterocycles. The van der Waals surface area contributed by atoms with E-state index in [9.17, 15) is 9.59 Å². The molecule has 1 aliphatic rings. The van der Waals surface area contributed by atoms with Gasteiger partial charge in [0, 0.05) is 0 Å². The lowest BCUT2D eigenvalue weighted by Gasteiger charge is -2.23. The van der Waals surface area contributed by atoms with Gasteiger partial charge in [0.1, 0.15) is 11.5 Å². The van der Waals surface area contributed by atoms with Crippen LogP contribution in [0.15, 0.2) is 28.7 Å². The van der Waals surface area contributed by atoms with E-state index in [1.165, 1.54) is 0 Å². The number of allylic oxidation sites excluding steroid dienone is 2. The lowest BCUT2D eigenvalue weighted by atomic mass is 9.82. The fraction of sp³-hybridized carbons (Fsp3) is 0.429. The Morgan fingerprint density at radius 3 is 2.58 bits per heavy atom. The predicted octanol–water partition coefficient (Wildman–Crippen LogP) is 1.87. The van der Waals surface area contributed by atoms with Crippen LogP contribution in [0, 0.1) is 18.8 Å². The number of carbonyl (C=O) groups excluding carboxylic acids is 1. The Morgan fingerprint density at radius 2 is 2.00 bits per heavy atom. The number of amides is 1. The van der Waals surface area contributed by atoms with Crippen LogP contribution in [0.2, 0.25) is 0 Å². The van der Waals surface area contributed by atoms with Crippen molar-refractivity contribution in [3.05, 3.63) is 35.8 Å². The molecule has 5 nitrogen and oxygen atoms in total. The molecule has 2 rings (SSSR count). The number of carbonyl (C=O) groups is 2. The molecule has 0 bridgehead atoms. The first-order valence-corrected chi connectivity index (χ1v) is 6.28. The minimum atomic E-state index is -0.918. The minimum absolute atomic E-state index is 0.231. The molecule has 102 valence electrons. The maximum absolute atomic E-state index is 12.0. The van der Waals surface area contributed by atoms with Crippen molar-refractivity contribution in [3.63, 3.8) is 0 Å². The van der Waals surface area contributed by atoms with Gasteiger partial charge in [0.25, 0.3) is 0 Å². The molecule has 1 aliphatic carbocycles. The molecule has 1 aromatic rings. The van der Waals surface area contributed by atoms with Crippen molar-refractivity contribution < 1.29 is 19.1 Å². The van der Waals surface area contributed by atoms with E-state index >= 15 is 0 Å². The number of hydrogen-bond donors (Lipinski definition) is 2. The number of furan rings is 1. The van der Waals surface area contributed by atoms with E-state index in [1.807, 2.05) is 25.1 Å². The molecule has 0 spiro atoms. The van der Waals surface area contributed by atoms with Crippen molar-refractivity contribution in [1.29, 1.82) is 0 Å². The maximum Gasteiger partial charge on any atom is 0.307 e. The van der Waals surface area contributed by atoms with E-state index in [4.69, 9.17) is 9.52 Å². The Hall–Kier alpha value is -2.04. The van der Waals surface area contributed by atoms with Crippen LogP contribution in [0.25, 0.3) is 0 Å². The largest absolute Gasteiger partial charge is 0.481 e. The highest BCUT2D eigenvalue weighted by Crippen LogP contribution is 2.26. The molecule has 1 amide bonds. The quantitative estimate of drug-likeness (QED) is 0.813. The summed E-state index contributed by atoms with van der Waals surface area (Å²) in [6, 6.07) is 3.62. The fourth-order valence-corrected chi connectivity index (χ4v) is 2.26. The number of carboxylic acid groups (broad SMARTS) is 1. The van der Waals surface area contributed by atoms with E-state index in [1.54, 1.807) is 6.07 Å². The molecule has 0 saturated carbocycles. The second-order valence-electron chi connectivity index (χ2n) is 4.72. The third-order valence-corrected chi connectivity index (χ3v) is 3.32. The SMILES string of the molecule is Cc1ccc(CNC(=O)[C@@H]2CC=CC[C@@H]2C(=O)O)o1. The van der Waals surface area contributed by atoms with Gasteiger partial charge in [-0.3, -0.25) is 9.59 Å². The van der Waals surface area contributed by atoms with Gasteiger partial charge >= 0.3 is 5.97 Å². The second kappa shape index (κ2) is 5.73. The molecule has 2 atom stereocenters. The number of aryl methyl sites for hydroxylation is 1. The summed E-state index contributed by atoms with van der Waals surface area (Å²) in [5.41, 5.74) is 0. The first-order chi connectivity index (χ1) is 9.08. The van der Waals surface area contributed by atoms with E-state index < -0.39 is 17.8 Å². The monoisotopic (exact) mass is 263 g/mol. The van der Waals surface area contributed by atoms with Gasteiger partial charge in [0.2, 0.25) is 5.91 Å². The van der Waals surface area contributed by atoms with Gasteiger partial charge in [-0.1, -0.05) is 12.2 Å². The maximum atomic E-state index is 12.0. The van der Waals surface area contributed by atoms with Gasteiger partial charge in [-0.2, -0.15) is 0 Å². The number of hydrogen-bond acceptors (Lipinski definition) is 3. The van der Waals surface area contributed by atoms with Crippen LogP contribution >= 0.6 is 0 Å². The summed E-state index contributed by atoms with van der Waals surface area (Å²) < 4.78 is 5.35. The highest BCUT2D eigenvalue weighted by molar-refractivity contribution is 5.85. The van der Waals surface area contributed by atoms with E-state index in [0.717, 1.165) is 5.76 Å². The summed E-state index contributed by atoms with van der Waals surface area (Å²) >= 11 is 0. The van der Waals surface area contributed by atoms with Crippen molar-refractivity contribution >= 4 is 11.9 Å². The second-order valence-corrected chi connectivity index (χ2v) is 4.72.